The van der Waals surface area contributed by atoms with E-state index in [-0.39, 0.29) is 17.6 Å². The van der Waals surface area contributed by atoms with E-state index in [1.165, 1.54) is 11.1 Å². The predicted octanol–water partition coefficient (Wildman–Crippen LogP) is 5.04. The van der Waals surface area contributed by atoms with Crippen molar-refractivity contribution in [3.63, 3.8) is 0 Å². The molecule has 3 unspecified atom stereocenters. The summed E-state index contributed by atoms with van der Waals surface area (Å²) < 4.78 is 39.2. The summed E-state index contributed by atoms with van der Waals surface area (Å²) in [7, 11) is -3.33. The van der Waals surface area contributed by atoms with Crippen molar-refractivity contribution in [2.75, 3.05) is 17.3 Å². The summed E-state index contributed by atoms with van der Waals surface area (Å²) in [5.41, 5.74) is 7.08. The largest absolute Gasteiger partial charge is 0.611 e. The van der Waals surface area contributed by atoms with E-state index >= 15 is 0 Å². The summed E-state index contributed by atoms with van der Waals surface area (Å²) in [5.74, 6) is 3.09. The minimum atomic E-state index is -3.33. The highest BCUT2D eigenvalue weighted by atomic mass is 32.2. The Labute approximate surface area is 203 Å². The van der Waals surface area contributed by atoms with Crippen molar-refractivity contribution < 1.29 is 13.0 Å². The van der Waals surface area contributed by atoms with Crippen molar-refractivity contribution in [2.24, 2.45) is 0 Å². The van der Waals surface area contributed by atoms with Crippen LogP contribution in [0.5, 0.6) is 0 Å². The topological polar surface area (TPSA) is 57.2 Å². The molecule has 0 N–H and O–H groups in total. The molecule has 0 bridgehead atoms. The average molecular weight is 495 g/mol. The van der Waals surface area contributed by atoms with Crippen molar-refractivity contribution in [3.8, 4) is 0 Å². The molecule has 3 aromatic carbocycles. The molecule has 33 heavy (non-hydrogen) atoms. The Kier molecular flexibility index (Phi) is 5.60. The normalized spacial score (nSPS) is 25.5. The molecule has 0 saturated heterocycles. The molecular formula is C27H26O3S3. The Morgan fingerprint density at radius 2 is 1.61 bits per heavy atom. The highest BCUT2D eigenvalue weighted by Gasteiger charge is 2.34. The van der Waals surface area contributed by atoms with Crippen LogP contribution in [0.15, 0.2) is 70.5 Å². The minimum absolute atomic E-state index is 0.0150. The third kappa shape index (κ3) is 4.05. The van der Waals surface area contributed by atoms with Crippen molar-refractivity contribution in [3.05, 3.63) is 94.0 Å². The molecule has 0 fully saturated rings. The number of rotatable bonds is 2. The molecule has 6 heteroatoms. The van der Waals surface area contributed by atoms with Crippen LogP contribution >= 0.6 is 11.8 Å². The van der Waals surface area contributed by atoms with Crippen LogP contribution in [-0.2, 0) is 46.0 Å². The summed E-state index contributed by atoms with van der Waals surface area (Å²) in [4.78, 5) is 1.43. The molecule has 3 aromatic rings. The van der Waals surface area contributed by atoms with Gasteiger partial charge in [-0.1, -0.05) is 48.5 Å². The second-order valence-corrected chi connectivity index (χ2v) is 14.0. The molecular weight excluding hydrogens is 468 g/mol. The van der Waals surface area contributed by atoms with E-state index in [9.17, 15) is 13.0 Å². The zero-order valence-electron chi connectivity index (χ0n) is 18.3. The third-order valence-corrected chi connectivity index (χ3v) is 11.8. The first-order chi connectivity index (χ1) is 16.0. The smallest absolute Gasteiger partial charge is 0.179 e. The second-order valence-electron chi connectivity index (χ2n) is 9.40. The zero-order chi connectivity index (χ0) is 22.6. The van der Waals surface area contributed by atoms with Crippen molar-refractivity contribution >= 4 is 32.8 Å². The van der Waals surface area contributed by atoms with E-state index in [2.05, 4.69) is 30.3 Å². The minimum Gasteiger partial charge on any atom is -0.611 e. The van der Waals surface area contributed by atoms with E-state index in [1.54, 1.807) is 6.07 Å². The van der Waals surface area contributed by atoms with Gasteiger partial charge in [0.15, 0.2) is 14.7 Å². The van der Waals surface area contributed by atoms with Crippen LogP contribution in [0.4, 0.5) is 0 Å². The maximum atomic E-state index is 13.2. The number of aryl methyl sites for hydroxylation is 1. The molecule has 0 radical (unpaired) electrons. The molecule has 3 aliphatic heterocycles. The summed E-state index contributed by atoms with van der Waals surface area (Å²) in [6, 6.07) is 20.4. The first-order valence-corrected chi connectivity index (χ1v) is 15.6. The average Bonchev–Trinajstić information content (AvgIpc) is 2.83. The second kappa shape index (κ2) is 8.49. The van der Waals surface area contributed by atoms with Crippen LogP contribution in [0.2, 0.25) is 0 Å². The standard InChI is InChI=1S/C27H26O3S3/c28-32-16-24(13-21-3-1-2-4-26(21)32)18-7-8-27-23(12-18)14-25(17-33(27,29)30)19-5-6-22-15-31-10-9-20(22)11-19/h1-8,11-12,24-25H,9-10,13-17H2. The predicted molar refractivity (Wildman–Crippen MR) is 135 cm³/mol. The number of hydrogen-bond donors (Lipinski definition) is 0. The molecule has 0 amide bonds. The molecule has 3 heterocycles. The fourth-order valence-corrected chi connectivity index (χ4v) is 9.93. The number of hydrogen-bond acceptors (Lipinski definition) is 4. The molecule has 3 nitrogen and oxygen atoms in total. The highest BCUT2D eigenvalue weighted by molar-refractivity contribution is 7.98. The van der Waals surface area contributed by atoms with Gasteiger partial charge in [-0.05, 0) is 76.1 Å². The van der Waals surface area contributed by atoms with Gasteiger partial charge in [0.2, 0.25) is 0 Å². The van der Waals surface area contributed by atoms with E-state index in [0.29, 0.717) is 10.6 Å². The van der Waals surface area contributed by atoms with Gasteiger partial charge in [0.1, 0.15) is 5.75 Å². The molecule has 3 atom stereocenters. The van der Waals surface area contributed by atoms with Gasteiger partial charge in [-0.2, -0.15) is 11.8 Å². The summed E-state index contributed by atoms with van der Waals surface area (Å²) in [5, 5.41) is 0. The number of thioether (sulfide) groups is 1. The first-order valence-electron chi connectivity index (χ1n) is 11.5. The van der Waals surface area contributed by atoms with Crippen LogP contribution in [0.3, 0.4) is 0 Å². The van der Waals surface area contributed by atoms with Gasteiger partial charge in [-0.3, -0.25) is 0 Å². The lowest BCUT2D eigenvalue weighted by molar-refractivity contribution is 0.569. The Bertz CT molecular complexity index is 1330. The van der Waals surface area contributed by atoms with Gasteiger partial charge in [0.05, 0.1) is 10.6 Å². The van der Waals surface area contributed by atoms with Crippen molar-refractivity contribution in [1.29, 1.82) is 0 Å². The van der Waals surface area contributed by atoms with Gasteiger partial charge in [0.25, 0.3) is 0 Å². The Balaban J connectivity index is 1.33. The van der Waals surface area contributed by atoms with E-state index in [4.69, 9.17) is 0 Å². The molecule has 3 aliphatic rings. The number of fused-ring (bicyclic) bond motifs is 3. The maximum absolute atomic E-state index is 13.2. The maximum Gasteiger partial charge on any atom is 0.179 e. The quantitative estimate of drug-likeness (QED) is 0.469. The van der Waals surface area contributed by atoms with Gasteiger partial charge >= 0.3 is 0 Å². The molecule has 6 rings (SSSR count). The third-order valence-electron chi connectivity index (χ3n) is 7.29. The zero-order valence-corrected chi connectivity index (χ0v) is 20.8. The first kappa shape index (κ1) is 21.8. The Hall–Kier alpha value is -1.73. The SMILES string of the molecule is O=S1(=O)CC(c2ccc3c(c2)CCSC3)Cc2cc(C3Cc4ccccc4[S+]([O-])C3)ccc21. The lowest BCUT2D eigenvalue weighted by atomic mass is 9.87. The summed E-state index contributed by atoms with van der Waals surface area (Å²) >= 11 is 0.942. The molecule has 170 valence electrons. The number of benzene rings is 3. The van der Waals surface area contributed by atoms with E-state index < -0.39 is 21.0 Å². The van der Waals surface area contributed by atoms with Crippen LogP contribution in [0, 0.1) is 0 Å². The van der Waals surface area contributed by atoms with Gasteiger partial charge < -0.3 is 4.55 Å². The van der Waals surface area contributed by atoms with E-state index in [0.717, 1.165) is 57.9 Å². The molecule has 0 aromatic heterocycles. The van der Waals surface area contributed by atoms with Crippen LogP contribution < -0.4 is 0 Å². The summed E-state index contributed by atoms with van der Waals surface area (Å²) in [6.07, 6.45) is 2.65. The van der Waals surface area contributed by atoms with Crippen LogP contribution in [0.1, 0.15) is 45.2 Å². The molecule has 0 aliphatic carbocycles. The summed E-state index contributed by atoms with van der Waals surface area (Å²) in [6.45, 7) is 0. The number of sulfone groups is 1. The van der Waals surface area contributed by atoms with Crippen molar-refractivity contribution in [2.45, 2.75) is 46.6 Å². The molecule has 0 spiro atoms. The van der Waals surface area contributed by atoms with E-state index in [1.807, 2.05) is 36.0 Å². The van der Waals surface area contributed by atoms with Gasteiger partial charge in [0, 0.05) is 23.2 Å². The monoisotopic (exact) mass is 494 g/mol. The fraction of sp³-hybridized carbons (Fsp3) is 0.333. The lowest BCUT2D eigenvalue weighted by Gasteiger charge is -2.29. The Morgan fingerprint density at radius 3 is 2.52 bits per heavy atom. The lowest BCUT2D eigenvalue weighted by Crippen LogP contribution is -2.26. The van der Waals surface area contributed by atoms with Crippen LogP contribution in [-0.4, -0.2) is 30.2 Å². The molecule has 0 saturated carbocycles. The highest BCUT2D eigenvalue weighted by Crippen LogP contribution is 2.39. The van der Waals surface area contributed by atoms with Gasteiger partial charge in [-0.15, -0.1) is 0 Å². The Morgan fingerprint density at radius 1 is 0.848 bits per heavy atom. The van der Waals surface area contributed by atoms with Crippen LogP contribution in [0.25, 0.3) is 0 Å². The van der Waals surface area contributed by atoms with Crippen molar-refractivity contribution in [1.82, 2.24) is 0 Å². The van der Waals surface area contributed by atoms with Gasteiger partial charge in [-0.25, -0.2) is 8.42 Å². The fourth-order valence-electron chi connectivity index (χ4n) is 5.55.